The van der Waals surface area contributed by atoms with Crippen LogP contribution in [0.4, 0.5) is 0 Å². The molecule has 2 aliphatic rings. The Morgan fingerprint density at radius 1 is 1.14 bits per heavy atom. The molecule has 0 unspecified atom stereocenters. The smallest absolute Gasteiger partial charge is 0.282 e. The molecule has 1 amide bonds. The number of nitrogens with two attached hydrogens (primary N) is 1. The molecular formula is C13H21N5O3S. The highest BCUT2D eigenvalue weighted by Crippen LogP contribution is 2.27. The second-order valence-corrected chi connectivity index (χ2v) is 7.79. The number of amides is 1. The summed E-state index contributed by atoms with van der Waals surface area (Å²) < 4.78 is 29.8. The maximum Gasteiger partial charge on any atom is 0.282 e. The van der Waals surface area contributed by atoms with Crippen LogP contribution in [0.25, 0.3) is 0 Å². The molecule has 2 saturated heterocycles. The number of carbonyl (C=O) groups is 1. The first kappa shape index (κ1) is 15.4. The van der Waals surface area contributed by atoms with Crippen LogP contribution in [-0.4, -0.2) is 58.9 Å². The molecular weight excluding hydrogens is 306 g/mol. The summed E-state index contributed by atoms with van der Waals surface area (Å²) in [5.74, 6) is -0.528. The van der Waals surface area contributed by atoms with E-state index in [2.05, 4.69) is 5.10 Å². The molecule has 22 heavy (non-hydrogen) atoms. The lowest BCUT2D eigenvalue weighted by atomic mass is 10.2. The minimum atomic E-state index is -3.37. The Balaban J connectivity index is 1.62. The Kier molecular flexibility index (Phi) is 4.20. The lowest BCUT2D eigenvalue weighted by Gasteiger charge is -2.40. The van der Waals surface area contributed by atoms with Crippen LogP contribution >= 0.6 is 0 Å². The van der Waals surface area contributed by atoms with Crippen molar-refractivity contribution in [3.8, 4) is 0 Å². The molecule has 1 aromatic heterocycles. The van der Waals surface area contributed by atoms with Crippen LogP contribution in [0.2, 0.25) is 0 Å². The summed E-state index contributed by atoms with van der Waals surface area (Å²) in [7, 11) is -3.37. The molecule has 1 aromatic rings. The average Bonchev–Trinajstić information content (AvgIpc) is 2.71. The highest BCUT2D eigenvalue weighted by molar-refractivity contribution is 7.86. The SMILES string of the molecule is NC(=O)c1cnn(C2CN(S(=O)(=O)N3CCCCCC3)C2)c1. The summed E-state index contributed by atoms with van der Waals surface area (Å²) in [5, 5.41) is 4.08. The van der Waals surface area contributed by atoms with Gasteiger partial charge in [-0.3, -0.25) is 9.48 Å². The first-order chi connectivity index (χ1) is 10.5. The summed E-state index contributed by atoms with van der Waals surface area (Å²) in [6, 6.07) is -0.0325. The van der Waals surface area contributed by atoms with Crippen LogP contribution in [0.1, 0.15) is 42.1 Å². The van der Waals surface area contributed by atoms with E-state index in [4.69, 9.17) is 5.73 Å². The number of aromatic nitrogens is 2. The standard InChI is InChI=1S/C13H21N5O3S/c14-13(19)11-7-15-18(8-11)12-9-17(10-12)22(20,21)16-5-3-1-2-4-6-16/h7-8,12H,1-6,9-10H2,(H2,14,19). The fraction of sp³-hybridized carbons (Fsp3) is 0.692. The number of nitrogens with zero attached hydrogens (tertiary/aromatic N) is 4. The summed E-state index contributed by atoms with van der Waals surface area (Å²) in [6.45, 7) is 1.99. The molecule has 2 N–H and O–H groups in total. The van der Waals surface area contributed by atoms with Crippen molar-refractivity contribution in [3.05, 3.63) is 18.0 Å². The maximum absolute atomic E-state index is 12.6. The van der Waals surface area contributed by atoms with Gasteiger partial charge in [-0.2, -0.15) is 22.1 Å². The molecule has 2 aliphatic heterocycles. The van der Waals surface area contributed by atoms with Gasteiger partial charge < -0.3 is 5.73 Å². The predicted octanol–water partition coefficient (Wildman–Crippen LogP) is -0.0405. The van der Waals surface area contributed by atoms with Gasteiger partial charge in [-0.05, 0) is 12.8 Å². The van der Waals surface area contributed by atoms with Gasteiger partial charge in [-0.1, -0.05) is 12.8 Å². The number of primary amides is 1. The van der Waals surface area contributed by atoms with Gasteiger partial charge in [0.1, 0.15) is 0 Å². The molecule has 3 heterocycles. The van der Waals surface area contributed by atoms with Gasteiger partial charge in [0.25, 0.3) is 16.1 Å². The molecule has 0 spiro atoms. The molecule has 0 radical (unpaired) electrons. The zero-order valence-corrected chi connectivity index (χ0v) is 13.2. The molecule has 0 aliphatic carbocycles. The van der Waals surface area contributed by atoms with E-state index in [0.717, 1.165) is 25.7 Å². The van der Waals surface area contributed by atoms with Crippen molar-refractivity contribution in [1.29, 1.82) is 0 Å². The zero-order valence-electron chi connectivity index (χ0n) is 12.4. The number of hydrogen-bond donors (Lipinski definition) is 1. The molecule has 8 nitrogen and oxygen atoms in total. The van der Waals surface area contributed by atoms with Crippen molar-refractivity contribution in [2.24, 2.45) is 5.73 Å². The highest BCUT2D eigenvalue weighted by atomic mass is 32.2. The largest absolute Gasteiger partial charge is 0.366 e. The van der Waals surface area contributed by atoms with Gasteiger partial charge in [0.15, 0.2) is 0 Å². The fourth-order valence-corrected chi connectivity index (χ4v) is 4.64. The van der Waals surface area contributed by atoms with Gasteiger partial charge in [0.2, 0.25) is 0 Å². The minimum Gasteiger partial charge on any atom is -0.366 e. The normalized spacial score (nSPS) is 22.2. The van der Waals surface area contributed by atoms with Crippen molar-refractivity contribution >= 4 is 16.1 Å². The first-order valence-corrected chi connectivity index (χ1v) is 8.97. The van der Waals surface area contributed by atoms with Crippen molar-refractivity contribution < 1.29 is 13.2 Å². The van der Waals surface area contributed by atoms with E-state index in [1.165, 1.54) is 10.5 Å². The third-order valence-corrected chi connectivity index (χ3v) is 6.27. The molecule has 0 atom stereocenters. The summed E-state index contributed by atoms with van der Waals surface area (Å²) in [5.41, 5.74) is 5.53. The van der Waals surface area contributed by atoms with Gasteiger partial charge >= 0.3 is 0 Å². The Bertz CT molecular complexity index is 642. The predicted molar refractivity (Wildman–Crippen MR) is 80.3 cm³/mol. The lowest BCUT2D eigenvalue weighted by Crippen LogP contribution is -2.55. The van der Waals surface area contributed by atoms with Crippen LogP contribution in [0.15, 0.2) is 12.4 Å². The number of rotatable bonds is 4. The molecule has 0 saturated carbocycles. The van der Waals surface area contributed by atoms with Crippen molar-refractivity contribution in [2.45, 2.75) is 31.7 Å². The molecule has 9 heteroatoms. The van der Waals surface area contributed by atoms with Crippen molar-refractivity contribution in [1.82, 2.24) is 18.4 Å². The second kappa shape index (κ2) is 5.98. The topological polar surface area (TPSA) is 102 Å². The highest BCUT2D eigenvalue weighted by Gasteiger charge is 2.40. The van der Waals surface area contributed by atoms with E-state index in [0.29, 0.717) is 31.7 Å². The van der Waals surface area contributed by atoms with Gasteiger partial charge in [0.05, 0.1) is 17.8 Å². The lowest BCUT2D eigenvalue weighted by molar-refractivity contribution is 0.0999. The molecule has 0 bridgehead atoms. The first-order valence-electron chi connectivity index (χ1n) is 7.57. The number of hydrogen-bond acceptors (Lipinski definition) is 4. The van der Waals surface area contributed by atoms with Crippen molar-refractivity contribution in [3.63, 3.8) is 0 Å². The van der Waals surface area contributed by atoms with Crippen LogP contribution < -0.4 is 5.73 Å². The quantitative estimate of drug-likeness (QED) is 0.838. The van der Waals surface area contributed by atoms with E-state index in [9.17, 15) is 13.2 Å². The average molecular weight is 327 g/mol. The fourth-order valence-electron chi connectivity index (χ4n) is 2.87. The Morgan fingerprint density at radius 3 is 2.32 bits per heavy atom. The summed E-state index contributed by atoms with van der Waals surface area (Å²) >= 11 is 0. The van der Waals surface area contributed by atoms with E-state index in [1.807, 2.05) is 0 Å². The van der Waals surface area contributed by atoms with Gasteiger partial charge in [-0.25, -0.2) is 0 Å². The van der Waals surface area contributed by atoms with Gasteiger partial charge in [-0.15, -0.1) is 0 Å². The van der Waals surface area contributed by atoms with E-state index in [-0.39, 0.29) is 6.04 Å². The second-order valence-electron chi connectivity index (χ2n) is 5.87. The molecule has 0 aromatic carbocycles. The van der Waals surface area contributed by atoms with E-state index < -0.39 is 16.1 Å². The van der Waals surface area contributed by atoms with E-state index in [1.54, 1.807) is 15.2 Å². The van der Waals surface area contributed by atoms with Crippen LogP contribution in [0, 0.1) is 0 Å². The van der Waals surface area contributed by atoms with E-state index >= 15 is 0 Å². The van der Waals surface area contributed by atoms with Crippen molar-refractivity contribution in [2.75, 3.05) is 26.2 Å². The zero-order chi connectivity index (χ0) is 15.7. The maximum atomic E-state index is 12.6. The van der Waals surface area contributed by atoms with Crippen LogP contribution in [-0.2, 0) is 10.2 Å². The third-order valence-electron chi connectivity index (χ3n) is 4.31. The van der Waals surface area contributed by atoms with Crippen LogP contribution in [0.3, 0.4) is 0 Å². The Labute approximate surface area is 130 Å². The Hall–Kier alpha value is -1.45. The number of carbonyl (C=O) groups excluding carboxylic acids is 1. The molecule has 2 fully saturated rings. The molecule has 3 rings (SSSR count). The monoisotopic (exact) mass is 327 g/mol. The summed E-state index contributed by atoms with van der Waals surface area (Å²) in [6.07, 6.45) is 7.03. The Morgan fingerprint density at radius 2 is 1.77 bits per heavy atom. The summed E-state index contributed by atoms with van der Waals surface area (Å²) in [4.78, 5) is 11.1. The van der Waals surface area contributed by atoms with Gasteiger partial charge in [0, 0.05) is 32.4 Å². The molecule has 122 valence electrons. The van der Waals surface area contributed by atoms with Crippen LogP contribution in [0.5, 0.6) is 0 Å². The minimum absolute atomic E-state index is 0.0325. The third kappa shape index (κ3) is 2.88.